The highest BCUT2D eigenvalue weighted by Gasteiger charge is 2.21. The van der Waals surface area contributed by atoms with Gasteiger partial charge in [-0.3, -0.25) is 0 Å². The van der Waals surface area contributed by atoms with Crippen LogP contribution in [0, 0.1) is 11.3 Å². The molecule has 0 heterocycles. The molecule has 0 saturated heterocycles. The second-order valence-corrected chi connectivity index (χ2v) is 5.54. The lowest BCUT2D eigenvalue weighted by molar-refractivity contribution is 0.0697. The lowest BCUT2D eigenvalue weighted by Gasteiger charge is -2.11. The van der Waals surface area contributed by atoms with Crippen molar-refractivity contribution in [3.63, 3.8) is 0 Å². The summed E-state index contributed by atoms with van der Waals surface area (Å²) >= 11 is 0. The third kappa shape index (κ3) is 2.82. The number of phenols is 1. The Balaban J connectivity index is 2.14. The maximum absolute atomic E-state index is 11.2. The summed E-state index contributed by atoms with van der Waals surface area (Å²) < 4.78 is 0. The van der Waals surface area contributed by atoms with Crippen molar-refractivity contribution in [3.05, 3.63) is 64.7 Å². The Morgan fingerprint density at radius 2 is 1.87 bits per heavy atom. The standard InChI is InChI=1S/C19H15NO3/c20-11-12-7-8-18(21)17(9-12)16-6-2-5-15(16)13-3-1-4-14(10-13)19(22)23/h1,3-4,7-10,21H,2,5-6H2,(H,22,23). The monoisotopic (exact) mass is 305 g/mol. The quantitative estimate of drug-likeness (QED) is 0.896. The van der Waals surface area contributed by atoms with Gasteiger partial charge in [-0.1, -0.05) is 12.1 Å². The Labute approximate surface area is 133 Å². The van der Waals surface area contributed by atoms with Crippen LogP contribution in [-0.2, 0) is 0 Å². The van der Waals surface area contributed by atoms with Gasteiger partial charge in [-0.15, -0.1) is 0 Å². The van der Waals surface area contributed by atoms with Crippen LogP contribution in [0.3, 0.4) is 0 Å². The minimum Gasteiger partial charge on any atom is -0.507 e. The third-order valence-electron chi connectivity index (χ3n) is 4.13. The molecule has 0 bridgehead atoms. The summed E-state index contributed by atoms with van der Waals surface area (Å²) in [5.41, 5.74) is 4.30. The van der Waals surface area contributed by atoms with Gasteiger partial charge in [0.2, 0.25) is 0 Å². The molecule has 0 radical (unpaired) electrons. The van der Waals surface area contributed by atoms with Gasteiger partial charge in [0.05, 0.1) is 17.2 Å². The van der Waals surface area contributed by atoms with Crippen LogP contribution in [0.1, 0.15) is 46.3 Å². The number of nitrogens with zero attached hydrogens (tertiary/aromatic N) is 1. The van der Waals surface area contributed by atoms with E-state index < -0.39 is 5.97 Å². The Kier molecular flexibility index (Phi) is 3.86. The fourth-order valence-electron chi connectivity index (χ4n) is 3.05. The van der Waals surface area contributed by atoms with Crippen LogP contribution in [0.2, 0.25) is 0 Å². The van der Waals surface area contributed by atoms with E-state index in [1.807, 2.05) is 6.07 Å². The molecule has 0 atom stereocenters. The summed E-state index contributed by atoms with van der Waals surface area (Å²) in [5, 5.41) is 28.4. The van der Waals surface area contributed by atoms with E-state index in [2.05, 4.69) is 6.07 Å². The van der Waals surface area contributed by atoms with Gasteiger partial charge in [0.15, 0.2) is 0 Å². The van der Waals surface area contributed by atoms with Crippen LogP contribution in [0.25, 0.3) is 11.1 Å². The highest BCUT2D eigenvalue weighted by Crippen LogP contribution is 2.42. The molecule has 0 saturated carbocycles. The zero-order chi connectivity index (χ0) is 16.4. The van der Waals surface area contributed by atoms with Crippen molar-refractivity contribution in [2.24, 2.45) is 0 Å². The van der Waals surface area contributed by atoms with Crippen molar-refractivity contribution in [2.45, 2.75) is 19.3 Å². The molecule has 4 nitrogen and oxygen atoms in total. The maximum Gasteiger partial charge on any atom is 0.335 e. The topological polar surface area (TPSA) is 81.3 Å². The molecule has 3 rings (SSSR count). The lowest BCUT2D eigenvalue weighted by atomic mass is 9.94. The van der Waals surface area contributed by atoms with Gasteiger partial charge in [0.1, 0.15) is 5.75 Å². The van der Waals surface area contributed by atoms with Crippen molar-refractivity contribution < 1.29 is 15.0 Å². The number of carbonyl (C=O) groups is 1. The predicted octanol–water partition coefficient (Wildman–Crippen LogP) is 4.06. The minimum absolute atomic E-state index is 0.146. The maximum atomic E-state index is 11.2. The Morgan fingerprint density at radius 3 is 2.61 bits per heavy atom. The number of nitriles is 1. The molecule has 1 aliphatic rings. The number of phenolic OH excluding ortho intramolecular Hbond substituents is 1. The van der Waals surface area contributed by atoms with Gasteiger partial charge in [0.25, 0.3) is 0 Å². The van der Waals surface area contributed by atoms with Gasteiger partial charge < -0.3 is 10.2 Å². The predicted molar refractivity (Wildman–Crippen MR) is 86.9 cm³/mol. The Hall–Kier alpha value is -3.06. The van der Waals surface area contributed by atoms with E-state index in [-0.39, 0.29) is 11.3 Å². The third-order valence-corrected chi connectivity index (χ3v) is 4.13. The van der Waals surface area contributed by atoms with Crippen LogP contribution < -0.4 is 0 Å². The van der Waals surface area contributed by atoms with Crippen molar-refractivity contribution in [2.75, 3.05) is 0 Å². The van der Waals surface area contributed by atoms with E-state index >= 15 is 0 Å². The van der Waals surface area contributed by atoms with E-state index in [9.17, 15) is 9.90 Å². The molecule has 0 unspecified atom stereocenters. The van der Waals surface area contributed by atoms with E-state index in [1.165, 1.54) is 6.07 Å². The molecule has 0 amide bonds. The van der Waals surface area contributed by atoms with Gasteiger partial charge >= 0.3 is 5.97 Å². The summed E-state index contributed by atoms with van der Waals surface area (Å²) in [6, 6.07) is 13.7. The second-order valence-electron chi connectivity index (χ2n) is 5.54. The van der Waals surface area contributed by atoms with Crippen molar-refractivity contribution in [1.82, 2.24) is 0 Å². The smallest absolute Gasteiger partial charge is 0.335 e. The minimum atomic E-state index is -0.957. The molecule has 0 spiro atoms. The van der Waals surface area contributed by atoms with E-state index in [1.54, 1.807) is 30.3 Å². The number of carboxylic acid groups (broad SMARTS) is 1. The number of allylic oxidation sites excluding steroid dienone is 2. The molecule has 2 N–H and O–H groups in total. The second kappa shape index (κ2) is 5.98. The fraction of sp³-hybridized carbons (Fsp3) is 0.158. The Morgan fingerprint density at radius 1 is 1.09 bits per heavy atom. The van der Waals surface area contributed by atoms with Gasteiger partial charge in [-0.25, -0.2) is 4.79 Å². The van der Waals surface area contributed by atoms with Gasteiger partial charge in [0, 0.05) is 5.56 Å². The molecule has 1 aliphatic carbocycles. The number of benzene rings is 2. The number of carboxylic acids is 1. The molecular formula is C19H15NO3. The summed E-state index contributed by atoms with van der Waals surface area (Å²) in [4.78, 5) is 11.2. The number of aromatic carboxylic acids is 1. The zero-order valence-corrected chi connectivity index (χ0v) is 12.4. The van der Waals surface area contributed by atoms with Crippen LogP contribution in [-0.4, -0.2) is 16.2 Å². The molecule has 2 aromatic rings. The van der Waals surface area contributed by atoms with Crippen LogP contribution in [0.5, 0.6) is 5.75 Å². The molecule has 0 aromatic heterocycles. The Bertz CT molecular complexity index is 859. The van der Waals surface area contributed by atoms with Gasteiger partial charge in [-0.05, 0) is 66.3 Å². The van der Waals surface area contributed by atoms with Crippen LogP contribution >= 0.6 is 0 Å². The summed E-state index contributed by atoms with van der Waals surface area (Å²) in [6.07, 6.45) is 2.57. The molecule has 2 aromatic carbocycles. The van der Waals surface area contributed by atoms with E-state index in [0.29, 0.717) is 11.1 Å². The van der Waals surface area contributed by atoms with E-state index in [4.69, 9.17) is 10.4 Å². The highest BCUT2D eigenvalue weighted by molar-refractivity contribution is 5.96. The number of rotatable bonds is 3. The highest BCUT2D eigenvalue weighted by atomic mass is 16.4. The first kappa shape index (κ1) is 14.9. The van der Waals surface area contributed by atoms with Gasteiger partial charge in [-0.2, -0.15) is 5.26 Å². The first-order valence-corrected chi connectivity index (χ1v) is 7.39. The van der Waals surface area contributed by atoms with Crippen molar-refractivity contribution in [3.8, 4) is 11.8 Å². The molecule has 23 heavy (non-hydrogen) atoms. The number of aromatic hydroxyl groups is 1. The average molecular weight is 305 g/mol. The molecule has 114 valence electrons. The SMILES string of the molecule is N#Cc1ccc(O)c(C2=C(c3cccc(C(=O)O)c3)CCC2)c1. The molecular weight excluding hydrogens is 290 g/mol. The molecule has 0 fully saturated rings. The van der Waals surface area contributed by atoms with Crippen molar-refractivity contribution in [1.29, 1.82) is 5.26 Å². The molecule has 0 aliphatic heterocycles. The normalized spacial score (nSPS) is 13.9. The van der Waals surface area contributed by atoms with E-state index in [0.717, 1.165) is 36.0 Å². The fourth-order valence-corrected chi connectivity index (χ4v) is 3.05. The number of hydrogen-bond donors (Lipinski definition) is 2. The lowest BCUT2D eigenvalue weighted by Crippen LogP contribution is -1.97. The summed E-state index contributed by atoms with van der Waals surface area (Å²) in [6.45, 7) is 0. The molecule has 4 heteroatoms. The summed E-state index contributed by atoms with van der Waals surface area (Å²) in [5.74, 6) is -0.811. The van der Waals surface area contributed by atoms with Crippen molar-refractivity contribution >= 4 is 17.1 Å². The van der Waals surface area contributed by atoms with Crippen LogP contribution in [0.15, 0.2) is 42.5 Å². The zero-order valence-electron chi connectivity index (χ0n) is 12.4. The number of hydrogen-bond acceptors (Lipinski definition) is 3. The average Bonchev–Trinajstić information content (AvgIpc) is 3.05. The first-order chi connectivity index (χ1) is 11.1. The largest absolute Gasteiger partial charge is 0.507 e. The summed E-state index contributed by atoms with van der Waals surface area (Å²) in [7, 11) is 0. The first-order valence-electron chi connectivity index (χ1n) is 7.39. The van der Waals surface area contributed by atoms with Crippen LogP contribution in [0.4, 0.5) is 0 Å².